The molecule has 0 saturated carbocycles. The summed E-state index contributed by atoms with van der Waals surface area (Å²) in [6.45, 7) is 5.46. The lowest BCUT2D eigenvalue weighted by Gasteiger charge is -2.37. The molecule has 1 unspecified atom stereocenters. The first-order valence-electron chi connectivity index (χ1n) is 5.92. The van der Waals surface area contributed by atoms with Gasteiger partial charge < -0.3 is 15.0 Å². The van der Waals surface area contributed by atoms with E-state index in [-0.39, 0.29) is 12.0 Å². The Bertz CT molecular complexity index is 227. The van der Waals surface area contributed by atoms with Crippen LogP contribution in [0.3, 0.4) is 0 Å². The number of amides is 1. The largest absolute Gasteiger partial charge is 0.368 e. The van der Waals surface area contributed by atoms with E-state index in [1.54, 1.807) is 0 Å². The van der Waals surface area contributed by atoms with E-state index < -0.39 is 0 Å². The maximum Gasteiger partial charge on any atom is 0.252 e. The minimum atomic E-state index is -0.167. The fourth-order valence-corrected chi connectivity index (χ4v) is 2.29. The van der Waals surface area contributed by atoms with Gasteiger partial charge in [0.15, 0.2) is 0 Å². The number of nitrogens with zero attached hydrogens (tertiary/aromatic N) is 1. The molecule has 0 aromatic rings. The number of hydrogen-bond donors (Lipinski definition) is 1. The van der Waals surface area contributed by atoms with E-state index in [1.807, 2.05) is 4.90 Å². The van der Waals surface area contributed by atoms with Crippen LogP contribution in [0.2, 0.25) is 0 Å². The standard InChI is InChI=1S/C11H20N2O2/c1-9-8-12-5-6-13(9)11(14)10-4-2-3-7-15-10/h9-10,12H,2-8H2,1H3/t9-,10?/m0/s1. The summed E-state index contributed by atoms with van der Waals surface area (Å²) in [7, 11) is 0. The summed E-state index contributed by atoms with van der Waals surface area (Å²) >= 11 is 0. The van der Waals surface area contributed by atoms with Crippen LogP contribution in [0.1, 0.15) is 26.2 Å². The van der Waals surface area contributed by atoms with Gasteiger partial charge in [-0.1, -0.05) is 0 Å². The minimum Gasteiger partial charge on any atom is -0.368 e. The van der Waals surface area contributed by atoms with Gasteiger partial charge in [0.2, 0.25) is 0 Å². The van der Waals surface area contributed by atoms with Crippen LogP contribution in [-0.2, 0) is 9.53 Å². The number of carbonyl (C=O) groups excluding carboxylic acids is 1. The van der Waals surface area contributed by atoms with Gasteiger partial charge in [0, 0.05) is 32.3 Å². The first-order valence-corrected chi connectivity index (χ1v) is 5.92. The van der Waals surface area contributed by atoms with Crippen molar-refractivity contribution in [3.05, 3.63) is 0 Å². The summed E-state index contributed by atoms with van der Waals surface area (Å²) in [6.07, 6.45) is 2.95. The molecule has 2 aliphatic rings. The third-order valence-corrected chi connectivity index (χ3v) is 3.24. The second-order valence-electron chi connectivity index (χ2n) is 4.44. The molecule has 15 heavy (non-hydrogen) atoms. The lowest BCUT2D eigenvalue weighted by Crippen LogP contribution is -2.55. The second-order valence-corrected chi connectivity index (χ2v) is 4.44. The van der Waals surface area contributed by atoms with Gasteiger partial charge in [0.25, 0.3) is 5.91 Å². The van der Waals surface area contributed by atoms with Crippen LogP contribution in [0.4, 0.5) is 0 Å². The number of ether oxygens (including phenoxy) is 1. The van der Waals surface area contributed by atoms with Crippen molar-refractivity contribution in [2.45, 2.75) is 38.3 Å². The zero-order valence-corrected chi connectivity index (χ0v) is 9.37. The van der Waals surface area contributed by atoms with Gasteiger partial charge in [-0.3, -0.25) is 4.79 Å². The van der Waals surface area contributed by atoms with E-state index >= 15 is 0 Å². The van der Waals surface area contributed by atoms with Gasteiger partial charge in [-0.05, 0) is 26.2 Å². The third-order valence-electron chi connectivity index (χ3n) is 3.24. The Balaban J connectivity index is 1.92. The molecule has 0 aromatic heterocycles. The summed E-state index contributed by atoms with van der Waals surface area (Å²) in [6, 6.07) is 0.303. The van der Waals surface area contributed by atoms with Crippen LogP contribution in [-0.4, -0.2) is 49.2 Å². The molecular weight excluding hydrogens is 192 g/mol. The number of carbonyl (C=O) groups is 1. The van der Waals surface area contributed by atoms with Gasteiger partial charge in [0.05, 0.1) is 0 Å². The summed E-state index contributed by atoms with van der Waals surface area (Å²) < 4.78 is 5.53. The smallest absolute Gasteiger partial charge is 0.252 e. The van der Waals surface area contributed by atoms with E-state index in [0.29, 0.717) is 6.04 Å². The lowest BCUT2D eigenvalue weighted by molar-refractivity contribution is -0.149. The highest BCUT2D eigenvalue weighted by Crippen LogP contribution is 2.16. The molecule has 4 nitrogen and oxygen atoms in total. The number of nitrogens with one attached hydrogen (secondary N) is 1. The Hall–Kier alpha value is -0.610. The van der Waals surface area contributed by atoms with Gasteiger partial charge in [-0.25, -0.2) is 0 Å². The number of rotatable bonds is 1. The summed E-state index contributed by atoms with van der Waals surface area (Å²) in [5.74, 6) is 0.198. The Morgan fingerprint density at radius 2 is 2.33 bits per heavy atom. The normalized spacial score (nSPS) is 32.7. The van der Waals surface area contributed by atoms with Crippen LogP contribution in [0, 0.1) is 0 Å². The quantitative estimate of drug-likeness (QED) is 0.683. The number of hydrogen-bond acceptors (Lipinski definition) is 3. The molecule has 0 bridgehead atoms. The van der Waals surface area contributed by atoms with E-state index in [9.17, 15) is 4.79 Å². The fourth-order valence-electron chi connectivity index (χ4n) is 2.29. The van der Waals surface area contributed by atoms with E-state index in [2.05, 4.69) is 12.2 Å². The van der Waals surface area contributed by atoms with Crippen molar-refractivity contribution in [3.8, 4) is 0 Å². The third kappa shape index (κ3) is 2.49. The average Bonchev–Trinajstić information content (AvgIpc) is 2.30. The second kappa shape index (κ2) is 4.94. The molecule has 1 N–H and O–H groups in total. The van der Waals surface area contributed by atoms with E-state index in [4.69, 9.17) is 4.74 Å². The molecule has 0 aromatic carbocycles. The van der Waals surface area contributed by atoms with Crippen LogP contribution in [0.25, 0.3) is 0 Å². The van der Waals surface area contributed by atoms with Crippen molar-refractivity contribution in [1.82, 2.24) is 10.2 Å². The van der Waals surface area contributed by atoms with Gasteiger partial charge in [-0.2, -0.15) is 0 Å². The molecule has 0 radical (unpaired) electrons. The highest BCUT2D eigenvalue weighted by Gasteiger charge is 2.30. The Morgan fingerprint density at radius 3 is 3.00 bits per heavy atom. The van der Waals surface area contributed by atoms with Crippen molar-refractivity contribution in [3.63, 3.8) is 0 Å². The van der Waals surface area contributed by atoms with Crippen LogP contribution < -0.4 is 5.32 Å². The molecule has 0 aliphatic carbocycles. The molecular formula is C11H20N2O2. The highest BCUT2D eigenvalue weighted by atomic mass is 16.5. The molecule has 2 aliphatic heterocycles. The minimum absolute atomic E-state index is 0.167. The van der Waals surface area contributed by atoms with Crippen molar-refractivity contribution in [2.75, 3.05) is 26.2 Å². The summed E-state index contributed by atoms with van der Waals surface area (Å²) in [5.41, 5.74) is 0. The lowest BCUT2D eigenvalue weighted by atomic mass is 10.1. The zero-order chi connectivity index (χ0) is 10.7. The average molecular weight is 212 g/mol. The van der Waals surface area contributed by atoms with Crippen molar-refractivity contribution in [2.24, 2.45) is 0 Å². The first kappa shape index (κ1) is 10.9. The van der Waals surface area contributed by atoms with Crippen molar-refractivity contribution >= 4 is 5.91 Å². The predicted octanol–water partition coefficient (Wildman–Crippen LogP) is 0.376. The first-order chi connectivity index (χ1) is 7.29. The molecule has 4 heteroatoms. The van der Waals surface area contributed by atoms with E-state index in [1.165, 1.54) is 0 Å². The summed E-state index contributed by atoms with van der Waals surface area (Å²) in [5, 5.41) is 3.29. The fraction of sp³-hybridized carbons (Fsp3) is 0.909. The van der Waals surface area contributed by atoms with Crippen molar-refractivity contribution < 1.29 is 9.53 Å². The molecule has 0 spiro atoms. The molecule has 86 valence electrons. The number of piperazine rings is 1. The van der Waals surface area contributed by atoms with Crippen molar-refractivity contribution in [1.29, 1.82) is 0 Å². The van der Waals surface area contributed by atoms with E-state index in [0.717, 1.165) is 45.5 Å². The Labute approximate surface area is 91.0 Å². The van der Waals surface area contributed by atoms with Crippen LogP contribution >= 0.6 is 0 Å². The zero-order valence-electron chi connectivity index (χ0n) is 9.37. The topological polar surface area (TPSA) is 41.6 Å². The van der Waals surface area contributed by atoms with Crippen LogP contribution in [0.5, 0.6) is 0 Å². The summed E-state index contributed by atoms with van der Waals surface area (Å²) in [4.78, 5) is 14.1. The Morgan fingerprint density at radius 1 is 1.47 bits per heavy atom. The molecule has 2 saturated heterocycles. The monoisotopic (exact) mass is 212 g/mol. The highest BCUT2D eigenvalue weighted by molar-refractivity contribution is 5.81. The van der Waals surface area contributed by atoms with Gasteiger partial charge >= 0.3 is 0 Å². The molecule has 2 rings (SSSR count). The predicted molar refractivity (Wildman–Crippen MR) is 57.6 cm³/mol. The van der Waals surface area contributed by atoms with Crippen LogP contribution in [0.15, 0.2) is 0 Å². The van der Waals surface area contributed by atoms with Gasteiger partial charge in [-0.15, -0.1) is 0 Å². The van der Waals surface area contributed by atoms with Gasteiger partial charge in [0.1, 0.15) is 6.10 Å². The molecule has 2 heterocycles. The molecule has 2 fully saturated rings. The SMILES string of the molecule is C[C@H]1CNCCN1C(=O)C1CCCCO1. The maximum absolute atomic E-state index is 12.1. The maximum atomic E-state index is 12.1. The molecule has 2 atom stereocenters. The molecule has 1 amide bonds. The Kier molecular flexibility index (Phi) is 3.59.